The third kappa shape index (κ3) is 6.49. The Morgan fingerprint density at radius 1 is 1.03 bits per heavy atom. The molecule has 0 radical (unpaired) electrons. The number of benzene rings is 2. The fourth-order valence-corrected chi connectivity index (χ4v) is 3.43. The minimum absolute atomic E-state index is 0.0581. The van der Waals surface area contributed by atoms with Gasteiger partial charge < -0.3 is 20.7 Å². The molecule has 8 nitrogen and oxygen atoms in total. The van der Waals surface area contributed by atoms with E-state index in [2.05, 4.69) is 16.0 Å². The van der Waals surface area contributed by atoms with Crippen LogP contribution in [0, 0.1) is 0 Å². The maximum Gasteiger partial charge on any atom is 0.246 e. The van der Waals surface area contributed by atoms with E-state index in [1.807, 2.05) is 0 Å². The Morgan fingerprint density at radius 3 is 2.14 bits per heavy atom. The van der Waals surface area contributed by atoms with Gasteiger partial charge in [0.2, 0.25) is 11.8 Å². The highest BCUT2D eigenvalue weighted by Crippen LogP contribution is 2.27. The van der Waals surface area contributed by atoms with E-state index in [1.54, 1.807) is 50.2 Å². The highest BCUT2D eigenvalue weighted by Gasteiger charge is 2.19. The largest absolute Gasteiger partial charge is 0.494 e. The van der Waals surface area contributed by atoms with Crippen LogP contribution in [-0.2, 0) is 19.4 Å². The van der Waals surface area contributed by atoms with E-state index in [1.165, 1.54) is 13.0 Å². The molecule has 0 aliphatic rings. The third-order valence-corrected chi connectivity index (χ3v) is 5.04. The highest BCUT2D eigenvalue weighted by atomic mass is 32.2. The van der Waals surface area contributed by atoms with Crippen LogP contribution in [0.1, 0.15) is 20.8 Å². The van der Waals surface area contributed by atoms with Gasteiger partial charge in [0.25, 0.3) is 0 Å². The second-order valence-electron chi connectivity index (χ2n) is 6.48. The summed E-state index contributed by atoms with van der Waals surface area (Å²) in [6, 6.07) is 10.6. The van der Waals surface area contributed by atoms with Crippen LogP contribution in [0.15, 0.2) is 47.4 Å². The molecular formula is C20H25N3O5S. The van der Waals surface area contributed by atoms with Crippen LogP contribution in [0.4, 0.5) is 17.1 Å². The van der Waals surface area contributed by atoms with Crippen molar-refractivity contribution in [3.8, 4) is 5.75 Å². The zero-order valence-corrected chi connectivity index (χ0v) is 17.6. The molecule has 2 rings (SSSR count). The predicted octanol–water partition coefficient (Wildman–Crippen LogP) is 2.89. The minimum Gasteiger partial charge on any atom is -0.494 e. The number of amides is 2. The monoisotopic (exact) mass is 419 g/mol. The average Bonchev–Trinajstić information content (AvgIpc) is 2.63. The molecule has 9 heteroatoms. The quantitative estimate of drug-likeness (QED) is 0.606. The lowest BCUT2D eigenvalue weighted by Crippen LogP contribution is -2.32. The van der Waals surface area contributed by atoms with Crippen molar-refractivity contribution in [2.75, 3.05) is 28.8 Å². The van der Waals surface area contributed by atoms with Crippen LogP contribution >= 0.6 is 0 Å². The number of rotatable bonds is 8. The van der Waals surface area contributed by atoms with E-state index in [-0.39, 0.29) is 16.7 Å². The Bertz CT molecular complexity index is 988. The molecular weight excluding hydrogens is 394 g/mol. The van der Waals surface area contributed by atoms with Crippen LogP contribution < -0.4 is 20.7 Å². The molecule has 1 unspecified atom stereocenters. The number of carbonyl (C=O) groups excluding carboxylic acids is 2. The zero-order chi connectivity index (χ0) is 21.6. The molecule has 156 valence electrons. The first-order valence-electron chi connectivity index (χ1n) is 9.02. The number of sulfone groups is 1. The van der Waals surface area contributed by atoms with Crippen LogP contribution in [0.3, 0.4) is 0 Å². The number of nitrogens with one attached hydrogen (secondary N) is 3. The van der Waals surface area contributed by atoms with Gasteiger partial charge in [-0.25, -0.2) is 8.42 Å². The second-order valence-corrected chi connectivity index (χ2v) is 8.46. The second kappa shape index (κ2) is 9.42. The number of hydrogen-bond donors (Lipinski definition) is 3. The van der Waals surface area contributed by atoms with Crippen molar-refractivity contribution >= 4 is 38.7 Å². The summed E-state index contributed by atoms with van der Waals surface area (Å²) in [7, 11) is -3.53. The summed E-state index contributed by atoms with van der Waals surface area (Å²) in [5.74, 6) is -0.0860. The molecule has 0 aromatic heterocycles. The summed E-state index contributed by atoms with van der Waals surface area (Å²) in [4.78, 5) is 23.6. The van der Waals surface area contributed by atoms with Gasteiger partial charge in [-0.1, -0.05) is 0 Å². The molecule has 3 N–H and O–H groups in total. The van der Waals surface area contributed by atoms with E-state index in [4.69, 9.17) is 4.74 Å². The number of carbonyl (C=O) groups is 2. The smallest absolute Gasteiger partial charge is 0.246 e. The Morgan fingerprint density at radius 2 is 1.62 bits per heavy atom. The average molecular weight is 420 g/mol. The van der Waals surface area contributed by atoms with Gasteiger partial charge in [0.15, 0.2) is 9.84 Å². The van der Waals surface area contributed by atoms with E-state index >= 15 is 0 Å². The lowest BCUT2D eigenvalue weighted by molar-refractivity contribution is -0.116. The Labute approximate surface area is 170 Å². The van der Waals surface area contributed by atoms with Gasteiger partial charge in [-0.15, -0.1) is 0 Å². The number of anilines is 3. The van der Waals surface area contributed by atoms with Crippen molar-refractivity contribution in [2.45, 2.75) is 31.7 Å². The topological polar surface area (TPSA) is 114 Å². The van der Waals surface area contributed by atoms with Crippen LogP contribution in [0.25, 0.3) is 0 Å². The first kappa shape index (κ1) is 22.2. The lowest BCUT2D eigenvalue weighted by atomic mass is 10.2. The molecule has 0 fully saturated rings. The fourth-order valence-electron chi connectivity index (χ4n) is 2.57. The van der Waals surface area contributed by atoms with E-state index in [0.29, 0.717) is 29.4 Å². The Hall–Kier alpha value is -3.07. The SMILES string of the molecule is CCOc1ccc(NC(C)C(=O)Nc2ccc(NC(C)=O)cc2)c(S(C)(=O)=O)c1. The van der Waals surface area contributed by atoms with Crippen molar-refractivity contribution in [2.24, 2.45) is 0 Å². The summed E-state index contributed by atoms with van der Waals surface area (Å²) in [6.07, 6.45) is 1.10. The molecule has 0 bridgehead atoms. The maximum absolute atomic E-state index is 12.5. The summed E-state index contributed by atoms with van der Waals surface area (Å²) < 4.78 is 29.6. The Balaban J connectivity index is 2.12. The molecule has 2 amide bonds. The van der Waals surface area contributed by atoms with Crippen molar-refractivity contribution in [3.05, 3.63) is 42.5 Å². The molecule has 0 saturated heterocycles. The lowest BCUT2D eigenvalue weighted by Gasteiger charge is -2.18. The molecule has 29 heavy (non-hydrogen) atoms. The standard InChI is InChI=1S/C20H25N3O5S/c1-5-28-17-10-11-18(19(12-17)29(4,26)27)21-13(2)20(25)23-16-8-6-15(7-9-16)22-14(3)24/h6-13,21H,5H2,1-4H3,(H,22,24)(H,23,25). The van der Waals surface area contributed by atoms with Crippen molar-refractivity contribution < 1.29 is 22.7 Å². The molecule has 0 spiro atoms. The fraction of sp³-hybridized carbons (Fsp3) is 0.300. The first-order valence-corrected chi connectivity index (χ1v) is 10.9. The number of hydrogen-bond acceptors (Lipinski definition) is 6. The Kier molecular flexibility index (Phi) is 7.22. The number of ether oxygens (including phenoxy) is 1. The van der Waals surface area contributed by atoms with Crippen LogP contribution in [0.5, 0.6) is 5.75 Å². The summed E-state index contributed by atoms with van der Waals surface area (Å²) >= 11 is 0. The molecule has 0 aliphatic heterocycles. The van der Waals surface area contributed by atoms with E-state index in [0.717, 1.165) is 6.26 Å². The van der Waals surface area contributed by atoms with Gasteiger partial charge in [0.1, 0.15) is 11.8 Å². The summed E-state index contributed by atoms with van der Waals surface area (Å²) in [6.45, 7) is 5.26. The van der Waals surface area contributed by atoms with Crippen LogP contribution in [0.2, 0.25) is 0 Å². The molecule has 2 aromatic rings. The third-order valence-electron chi connectivity index (χ3n) is 3.90. The normalized spacial score (nSPS) is 12.0. The predicted molar refractivity (Wildman–Crippen MR) is 113 cm³/mol. The molecule has 1 atom stereocenters. The molecule has 2 aromatic carbocycles. The minimum atomic E-state index is -3.53. The van der Waals surface area contributed by atoms with Gasteiger partial charge in [-0.3, -0.25) is 9.59 Å². The van der Waals surface area contributed by atoms with Crippen LogP contribution in [-0.4, -0.2) is 39.1 Å². The van der Waals surface area contributed by atoms with E-state index < -0.39 is 15.9 Å². The zero-order valence-electron chi connectivity index (χ0n) is 16.8. The molecule has 0 aliphatic carbocycles. The van der Waals surface area contributed by atoms with E-state index in [9.17, 15) is 18.0 Å². The van der Waals surface area contributed by atoms with Gasteiger partial charge in [0.05, 0.1) is 17.2 Å². The summed E-state index contributed by atoms with van der Waals surface area (Å²) in [5, 5.41) is 8.33. The highest BCUT2D eigenvalue weighted by molar-refractivity contribution is 7.90. The van der Waals surface area contributed by atoms with Gasteiger partial charge >= 0.3 is 0 Å². The van der Waals surface area contributed by atoms with Gasteiger partial charge in [-0.05, 0) is 50.2 Å². The van der Waals surface area contributed by atoms with Crippen molar-refractivity contribution in [3.63, 3.8) is 0 Å². The summed E-state index contributed by atoms with van der Waals surface area (Å²) in [5.41, 5.74) is 1.49. The molecule has 0 heterocycles. The van der Waals surface area contributed by atoms with Crippen molar-refractivity contribution in [1.82, 2.24) is 0 Å². The van der Waals surface area contributed by atoms with Gasteiger partial charge in [0, 0.05) is 30.6 Å². The first-order chi connectivity index (χ1) is 13.6. The maximum atomic E-state index is 12.5. The van der Waals surface area contributed by atoms with Crippen molar-refractivity contribution in [1.29, 1.82) is 0 Å². The molecule has 0 saturated carbocycles. The van der Waals surface area contributed by atoms with Gasteiger partial charge in [-0.2, -0.15) is 0 Å².